The van der Waals surface area contributed by atoms with Gasteiger partial charge in [0.2, 0.25) is 0 Å². The third-order valence-corrected chi connectivity index (χ3v) is 3.47. The Morgan fingerprint density at radius 2 is 1.95 bits per heavy atom. The number of hydrogen-bond donors (Lipinski definition) is 2. The number of carboxylic acid groups (broad SMARTS) is 1. The van der Waals surface area contributed by atoms with Crippen molar-refractivity contribution in [1.29, 1.82) is 0 Å². The van der Waals surface area contributed by atoms with Crippen LogP contribution in [0, 0.1) is 6.92 Å². The van der Waals surface area contributed by atoms with Gasteiger partial charge in [0.1, 0.15) is 11.3 Å². The Labute approximate surface area is 116 Å². The zero-order valence-corrected chi connectivity index (χ0v) is 11.7. The maximum Gasteiger partial charge on any atom is 0.328 e. The monoisotopic (exact) mass is 279 g/mol. The van der Waals surface area contributed by atoms with Crippen molar-refractivity contribution in [2.75, 3.05) is 0 Å². The maximum absolute atomic E-state index is 12.1. The number of aryl methyl sites for hydroxylation is 1. The molecule has 1 aromatic rings. The number of fused-ring (bicyclic) bond motifs is 1. The topological polar surface area (TPSA) is 96.6 Å². The van der Waals surface area contributed by atoms with E-state index in [9.17, 15) is 14.4 Å². The van der Waals surface area contributed by atoms with Crippen molar-refractivity contribution in [3.8, 4) is 0 Å². The summed E-state index contributed by atoms with van der Waals surface area (Å²) in [6.45, 7) is 4.42. The largest absolute Gasteiger partial charge is 0.480 e. The second-order valence-electron chi connectivity index (χ2n) is 5.52. The summed E-state index contributed by atoms with van der Waals surface area (Å²) in [5.74, 6) is -1.23. The molecule has 0 aliphatic heterocycles. The van der Waals surface area contributed by atoms with Crippen LogP contribution in [-0.4, -0.2) is 28.3 Å². The van der Waals surface area contributed by atoms with Gasteiger partial charge in [-0.2, -0.15) is 0 Å². The van der Waals surface area contributed by atoms with Crippen LogP contribution in [-0.2, 0) is 11.2 Å². The fourth-order valence-electron chi connectivity index (χ4n) is 2.26. The highest BCUT2D eigenvalue weighted by molar-refractivity contribution is 6.04. The first-order chi connectivity index (χ1) is 9.24. The first-order valence-corrected chi connectivity index (χ1v) is 6.45. The Balaban J connectivity index is 2.33. The molecule has 0 fully saturated rings. The molecule has 0 unspecified atom stereocenters. The van der Waals surface area contributed by atoms with Crippen LogP contribution in [0.2, 0.25) is 0 Å². The van der Waals surface area contributed by atoms with Crippen molar-refractivity contribution in [2.45, 2.75) is 45.6 Å². The summed E-state index contributed by atoms with van der Waals surface area (Å²) in [5, 5.41) is 11.4. The number of carbonyl (C=O) groups is 3. The fraction of sp³-hybridized carbons (Fsp3) is 0.500. The summed E-state index contributed by atoms with van der Waals surface area (Å²) < 4.78 is 5.47. The van der Waals surface area contributed by atoms with Gasteiger partial charge in [0.15, 0.2) is 11.5 Å². The summed E-state index contributed by atoms with van der Waals surface area (Å²) >= 11 is 0. The van der Waals surface area contributed by atoms with Crippen molar-refractivity contribution in [3.63, 3.8) is 0 Å². The molecule has 1 aromatic heterocycles. The molecule has 1 heterocycles. The molecule has 1 amide bonds. The number of hydrogen-bond acceptors (Lipinski definition) is 4. The lowest BCUT2D eigenvalue weighted by Crippen LogP contribution is -2.49. The van der Waals surface area contributed by atoms with Crippen LogP contribution < -0.4 is 5.32 Å². The first kappa shape index (κ1) is 14.3. The van der Waals surface area contributed by atoms with Gasteiger partial charge in [-0.15, -0.1) is 0 Å². The van der Waals surface area contributed by atoms with E-state index in [0.29, 0.717) is 36.1 Å². The van der Waals surface area contributed by atoms with Crippen LogP contribution in [0.3, 0.4) is 0 Å². The van der Waals surface area contributed by atoms with Crippen LogP contribution in [0.4, 0.5) is 0 Å². The minimum absolute atomic E-state index is 0.0240. The quantitative estimate of drug-likeness (QED) is 0.877. The summed E-state index contributed by atoms with van der Waals surface area (Å²) in [6, 6.07) is 0. The third kappa shape index (κ3) is 2.33. The predicted octanol–water partition coefficient (Wildman–Crippen LogP) is 1.70. The molecule has 0 saturated heterocycles. The molecule has 0 saturated carbocycles. The zero-order valence-electron chi connectivity index (χ0n) is 11.7. The van der Waals surface area contributed by atoms with E-state index >= 15 is 0 Å². The molecule has 1 aliphatic carbocycles. The average molecular weight is 279 g/mol. The van der Waals surface area contributed by atoms with E-state index in [4.69, 9.17) is 9.52 Å². The number of amides is 1. The number of carbonyl (C=O) groups excluding carboxylic acids is 2. The summed E-state index contributed by atoms with van der Waals surface area (Å²) in [7, 11) is 0. The normalized spacial score (nSPS) is 14.8. The zero-order chi connectivity index (χ0) is 15.1. The van der Waals surface area contributed by atoms with Gasteiger partial charge in [-0.05, 0) is 27.2 Å². The van der Waals surface area contributed by atoms with E-state index in [-0.39, 0.29) is 11.5 Å². The van der Waals surface area contributed by atoms with Gasteiger partial charge in [-0.3, -0.25) is 9.59 Å². The van der Waals surface area contributed by atoms with E-state index in [1.807, 2.05) is 0 Å². The molecule has 6 heteroatoms. The van der Waals surface area contributed by atoms with Crippen molar-refractivity contribution in [3.05, 3.63) is 22.6 Å². The third-order valence-electron chi connectivity index (χ3n) is 3.47. The maximum atomic E-state index is 12.1. The van der Waals surface area contributed by atoms with Crippen LogP contribution in [0.5, 0.6) is 0 Å². The number of ketones is 1. The first-order valence-electron chi connectivity index (χ1n) is 6.45. The second kappa shape index (κ2) is 4.77. The van der Waals surface area contributed by atoms with E-state index in [1.165, 1.54) is 13.8 Å². The smallest absolute Gasteiger partial charge is 0.328 e. The Morgan fingerprint density at radius 3 is 2.50 bits per heavy atom. The minimum atomic E-state index is -1.40. The number of Topliss-reactive ketones (excluding diaryl/α,β-unsaturated/α-hetero) is 1. The molecule has 0 radical (unpaired) electrons. The number of furan rings is 1. The van der Waals surface area contributed by atoms with Crippen LogP contribution in [0.25, 0.3) is 0 Å². The van der Waals surface area contributed by atoms with Crippen molar-refractivity contribution in [1.82, 2.24) is 5.32 Å². The van der Waals surface area contributed by atoms with Gasteiger partial charge in [0.05, 0.1) is 5.56 Å². The van der Waals surface area contributed by atoms with E-state index < -0.39 is 17.4 Å². The summed E-state index contributed by atoms with van der Waals surface area (Å²) in [6.07, 6.45) is 1.78. The second-order valence-corrected chi connectivity index (χ2v) is 5.52. The van der Waals surface area contributed by atoms with Crippen LogP contribution in [0.15, 0.2) is 4.42 Å². The molecule has 20 heavy (non-hydrogen) atoms. The molecular weight excluding hydrogens is 262 g/mol. The van der Waals surface area contributed by atoms with E-state index in [0.717, 1.165) is 0 Å². The van der Waals surface area contributed by atoms with Gasteiger partial charge in [0, 0.05) is 18.4 Å². The highest BCUT2D eigenvalue weighted by Crippen LogP contribution is 2.29. The van der Waals surface area contributed by atoms with Crippen molar-refractivity contribution >= 4 is 17.7 Å². The van der Waals surface area contributed by atoms with Gasteiger partial charge in [-0.1, -0.05) is 0 Å². The van der Waals surface area contributed by atoms with Crippen LogP contribution in [0.1, 0.15) is 58.9 Å². The lowest BCUT2D eigenvalue weighted by Gasteiger charge is -2.20. The molecule has 108 valence electrons. The fourth-order valence-corrected chi connectivity index (χ4v) is 2.26. The van der Waals surface area contributed by atoms with Crippen LogP contribution >= 0.6 is 0 Å². The highest BCUT2D eigenvalue weighted by atomic mass is 16.4. The number of rotatable bonds is 3. The molecule has 0 atom stereocenters. The SMILES string of the molecule is Cc1c(C(=O)NC(C)(C)C(=O)O)oc2c1C(=O)CCC2. The Hall–Kier alpha value is -2.11. The van der Waals surface area contributed by atoms with Crippen molar-refractivity contribution < 1.29 is 23.9 Å². The van der Waals surface area contributed by atoms with E-state index in [1.54, 1.807) is 6.92 Å². The van der Waals surface area contributed by atoms with E-state index in [2.05, 4.69) is 5.32 Å². The molecule has 0 aromatic carbocycles. The lowest BCUT2D eigenvalue weighted by molar-refractivity contribution is -0.143. The minimum Gasteiger partial charge on any atom is -0.480 e. The number of aliphatic carboxylic acids is 1. The Bertz CT molecular complexity index is 597. The van der Waals surface area contributed by atoms with Crippen molar-refractivity contribution in [2.24, 2.45) is 0 Å². The molecule has 1 aliphatic rings. The molecule has 0 spiro atoms. The molecule has 0 bridgehead atoms. The lowest BCUT2D eigenvalue weighted by atomic mass is 9.94. The van der Waals surface area contributed by atoms with Gasteiger partial charge < -0.3 is 14.8 Å². The Morgan fingerprint density at radius 1 is 1.30 bits per heavy atom. The van der Waals surface area contributed by atoms with Gasteiger partial charge in [-0.25, -0.2) is 4.79 Å². The average Bonchev–Trinajstić information content (AvgIpc) is 2.67. The number of carboxylic acids is 1. The predicted molar refractivity (Wildman–Crippen MR) is 69.9 cm³/mol. The Kier molecular flexibility index (Phi) is 3.41. The summed E-state index contributed by atoms with van der Waals surface area (Å²) in [5.41, 5.74) is -0.432. The molecule has 2 N–H and O–H groups in total. The molecule has 2 rings (SSSR count). The van der Waals surface area contributed by atoms with Gasteiger partial charge in [0.25, 0.3) is 5.91 Å². The number of nitrogens with one attached hydrogen (secondary N) is 1. The van der Waals surface area contributed by atoms with Gasteiger partial charge >= 0.3 is 5.97 Å². The highest BCUT2D eigenvalue weighted by Gasteiger charge is 2.33. The standard InChI is InChI=1S/C14H17NO5/c1-7-10-8(16)5-4-6-9(10)20-11(7)12(17)15-14(2,3)13(18)19/h4-6H2,1-3H3,(H,15,17)(H,18,19). The summed E-state index contributed by atoms with van der Waals surface area (Å²) in [4.78, 5) is 35.0. The molecular formula is C14H17NO5. The molecule has 6 nitrogen and oxygen atoms in total.